The molecule has 0 bridgehead atoms. The van der Waals surface area contributed by atoms with Gasteiger partial charge in [0.25, 0.3) is 0 Å². The number of amides is 1. The fourth-order valence-corrected chi connectivity index (χ4v) is 2.62. The zero-order valence-electron chi connectivity index (χ0n) is 10.5. The number of sulfonamides is 1. The minimum Gasteiger partial charge on any atom is -0.399 e. The normalized spacial score (nSPS) is 19.8. The Morgan fingerprint density at radius 2 is 2.05 bits per heavy atom. The van der Waals surface area contributed by atoms with Crippen LogP contribution in [-0.4, -0.2) is 38.9 Å². The standard InChI is InChI=1S/C11H16N4O3S/c1-15-3-2-10(11(15)16)14-8-4-7(12)5-9(6-8)19(13,17)18/h4-6,10,14H,2-3,12H2,1H3,(H2,13,17,18). The lowest BCUT2D eigenvalue weighted by atomic mass is 10.2. The van der Waals surface area contributed by atoms with Crippen LogP contribution in [0.15, 0.2) is 23.1 Å². The van der Waals surface area contributed by atoms with Crippen LogP contribution >= 0.6 is 0 Å². The Hall–Kier alpha value is -1.80. The number of rotatable bonds is 3. The summed E-state index contributed by atoms with van der Waals surface area (Å²) in [4.78, 5) is 13.3. The van der Waals surface area contributed by atoms with Gasteiger partial charge in [-0.15, -0.1) is 0 Å². The van der Waals surface area contributed by atoms with Crippen molar-refractivity contribution in [3.63, 3.8) is 0 Å². The third-order valence-electron chi connectivity index (χ3n) is 3.03. The molecule has 1 aliphatic heterocycles. The minimum absolute atomic E-state index is 0.0282. The van der Waals surface area contributed by atoms with Gasteiger partial charge < -0.3 is 16.0 Å². The summed E-state index contributed by atoms with van der Waals surface area (Å²) in [6, 6.07) is 3.86. The number of hydrogen-bond donors (Lipinski definition) is 3. The van der Waals surface area contributed by atoms with Crippen LogP contribution < -0.4 is 16.2 Å². The molecule has 5 N–H and O–H groups in total. The van der Waals surface area contributed by atoms with Crippen LogP contribution in [-0.2, 0) is 14.8 Å². The number of primary sulfonamides is 1. The summed E-state index contributed by atoms with van der Waals surface area (Å²) in [5, 5.41) is 8.05. The molecule has 1 unspecified atom stereocenters. The van der Waals surface area contributed by atoms with Crippen LogP contribution in [0.1, 0.15) is 6.42 Å². The molecule has 8 heteroatoms. The highest BCUT2D eigenvalue weighted by molar-refractivity contribution is 7.89. The van der Waals surface area contributed by atoms with Gasteiger partial charge in [0.1, 0.15) is 6.04 Å². The second-order valence-electron chi connectivity index (χ2n) is 4.58. The Balaban J connectivity index is 2.27. The number of nitrogens with zero attached hydrogens (tertiary/aromatic N) is 1. The Kier molecular flexibility index (Phi) is 3.38. The largest absolute Gasteiger partial charge is 0.399 e. The highest BCUT2D eigenvalue weighted by Gasteiger charge is 2.28. The van der Waals surface area contributed by atoms with Gasteiger partial charge in [-0.3, -0.25) is 4.79 Å². The molecule has 7 nitrogen and oxygen atoms in total. The van der Waals surface area contributed by atoms with E-state index < -0.39 is 10.0 Å². The summed E-state index contributed by atoms with van der Waals surface area (Å²) in [5.74, 6) is -0.0282. The van der Waals surface area contributed by atoms with Crippen molar-refractivity contribution in [2.24, 2.45) is 5.14 Å². The first-order valence-corrected chi connectivity index (χ1v) is 7.27. The van der Waals surface area contributed by atoms with Crippen molar-refractivity contribution < 1.29 is 13.2 Å². The lowest BCUT2D eigenvalue weighted by molar-refractivity contribution is -0.127. The van der Waals surface area contributed by atoms with E-state index in [1.54, 1.807) is 18.0 Å². The quantitative estimate of drug-likeness (QED) is 0.650. The summed E-state index contributed by atoms with van der Waals surface area (Å²) in [7, 11) is -2.10. The summed E-state index contributed by atoms with van der Waals surface area (Å²) in [5.41, 5.74) is 6.38. The average molecular weight is 284 g/mol. The Bertz CT molecular complexity index is 614. The molecule has 0 aliphatic carbocycles. The molecule has 0 radical (unpaired) electrons. The van der Waals surface area contributed by atoms with E-state index in [-0.39, 0.29) is 22.5 Å². The zero-order valence-corrected chi connectivity index (χ0v) is 11.3. The van der Waals surface area contributed by atoms with Crippen molar-refractivity contribution in [2.45, 2.75) is 17.4 Å². The van der Waals surface area contributed by atoms with Gasteiger partial charge in [0.05, 0.1) is 4.90 Å². The highest BCUT2D eigenvalue weighted by atomic mass is 32.2. The molecular weight excluding hydrogens is 268 g/mol. The Morgan fingerprint density at radius 1 is 1.37 bits per heavy atom. The van der Waals surface area contributed by atoms with Gasteiger partial charge in [0.15, 0.2) is 0 Å². The third kappa shape index (κ3) is 2.96. The van der Waals surface area contributed by atoms with E-state index in [0.717, 1.165) is 0 Å². The minimum atomic E-state index is -3.82. The van der Waals surface area contributed by atoms with Crippen LogP contribution in [0.25, 0.3) is 0 Å². The van der Waals surface area contributed by atoms with E-state index in [9.17, 15) is 13.2 Å². The summed E-state index contributed by atoms with van der Waals surface area (Å²) >= 11 is 0. The van der Waals surface area contributed by atoms with Crippen LogP contribution in [0.5, 0.6) is 0 Å². The molecule has 1 saturated heterocycles. The average Bonchev–Trinajstić information content (AvgIpc) is 2.59. The number of nitrogens with two attached hydrogens (primary N) is 2. The lowest BCUT2D eigenvalue weighted by Gasteiger charge is -2.14. The first-order chi connectivity index (χ1) is 8.77. The molecule has 19 heavy (non-hydrogen) atoms. The van der Waals surface area contributed by atoms with Gasteiger partial charge >= 0.3 is 0 Å². The van der Waals surface area contributed by atoms with Gasteiger partial charge in [-0.25, -0.2) is 13.6 Å². The van der Waals surface area contributed by atoms with Gasteiger partial charge in [0, 0.05) is 25.0 Å². The molecule has 0 spiro atoms. The Morgan fingerprint density at radius 3 is 2.58 bits per heavy atom. The van der Waals surface area contributed by atoms with Crippen molar-refractivity contribution in [2.75, 3.05) is 24.6 Å². The van der Waals surface area contributed by atoms with Crippen molar-refractivity contribution in [1.29, 1.82) is 0 Å². The second kappa shape index (κ2) is 4.71. The predicted molar refractivity (Wildman–Crippen MR) is 71.9 cm³/mol. The Labute approximate surface area is 111 Å². The molecule has 1 amide bonds. The SMILES string of the molecule is CN1CCC(Nc2cc(N)cc(S(N)(=O)=O)c2)C1=O. The number of nitrogens with one attached hydrogen (secondary N) is 1. The number of anilines is 2. The zero-order chi connectivity index (χ0) is 14.2. The monoisotopic (exact) mass is 284 g/mol. The molecular formula is C11H16N4O3S. The summed E-state index contributed by atoms with van der Waals surface area (Å²) < 4.78 is 22.6. The van der Waals surface area contributed by atoms with E-state index in [0.29, 0.717) is 18.7 Å². The van der Waals surface area contributed by atoms with Crippen molar-refractivity contribution in [3.05, 3.63) is 18.2 Å². The van der Waals surface area contributed by atoms with E-state index in [1.807, 2.05) is 0 Å². The lowest BCUT2D eigenvalue weighted by Crippen LogP contribution is -2.31. The maximum absolute atomic E-state index is 11.8. The van der Waals surface area contributed by atoms with Gasteiger partial charge in [-0.2, -0.15) is 0 Å². The molecule has 1 fully saturated rings. The molecule has 1 atom stereocenters. The van der Waals surface area contributed by atoms with E-state index in [2.05, 4.69) is 5.32 Å². The second-order valence-corrected chi connectivity index (χ2v) is 6.14. The van der Waals surface area contributed by atoms with Gasteiger partial charge in [-0.05, 0) is 24.6 Å². The molecule has 104 valence electrons. The van der Waals surface area contributed by atoms with Crippen molar-refractivity contribution in [3.8, 4) is 0 Å². The van der Waals surface area contributed by atoms with Crippen LogP contribution in [0.3, 0.4) is 0 Å². The molecule has 1 aliphatic rings. The molecule has 2 rings (SSSR count). The summed E-state index contributed by atoms with van der Waals surface area (Å²) in [6.45, 7) is 0.668. The number of hydrogen-bond acceptors (Lipinski definition) is 5. The highest BCUT2D eigenvalue weighted by Crippen LogP contribution is 2.22. The van der Waals surface area contributed by atoms with E-state index >= 15 is 0 Å². The fourth-order valence-electron chi connectivity index (χ4n) is 2.03. The molecule has 1 aromatic carbocycles. The van der Waals surface area contributed by atoms with Crippen molar-refractivity contribution >= 4 is 27.3 Å². The molecule has 1 heterocycles. The topological polar surface area (TPSA) is 119 Å². The first kappa shape index (κ1) is 13.6. The number of likely N-dealkylation sites (N-methyl/N-ethyl adjacent to an activating group) is 1. The van der Waals surface area contributed by atoms with Crippen LogP contribution in [0.4, 0.5) is 11.4 Å². The summed E-state index contributed by atoms with van der Waals surface area (Å²) in [6.07, 6.45) is 0.662. The van der Waals surface area contributed by atoms with Crippen LogP contribution in [0.2, 0.25) is 0 Å². The molecule has 0 aromatic heterocycles. The van der Waals surface area contributed by atoms with E-state index in [1.165, 1.54) is 12.1 Å². The third-order valence-corrected chi connectivity index (χ3v) is 3.92. The predicted octanol–water partition coefficient (Wildman–Crippen LogP) is -0.441. The van der Waals surface area contributed by atoms with Gasteiger partial charge in [-0.1, -0.05) is 0 Å². The maximum atomic E-state index is 11.8. The van der Waals surface area contributed by atoms with E-state index in [4.69, 9.17) is 10.9 Å². The fraction of sp³-hybridized carbons (Fsp3) is 0.364. The van der Waals surface area contributed by atoms with Crippen LogP contribution in [0, 0.1) is 0 Å². The molecule has 0 saturated carbocycles. The number of nitrogen functional groups attached to an aromatic ring is 1. The smallest absolute Gasteiger partial charge is 0.244 e. The van der Waals surface area contributed by atoms with Gasteiger partial charge in [0.2, 0.25) is 15.9 Å². The first-order valence-electron chi connectivity index (χ1n) is 5.72. The number of benzene rings is 1. The number of carbonyl (C=O) groups excluding carboxylic acids is 1. The molecule has 1 aromatic rings. The number of likely N-dealkylation sites (tertiary alicyclic amines) is 1. The number of carbonyl (C=O) groups is 1. The van der Waals surface area contributed by atoms with Crippen molar-refractivity contribution in [1.82, 2.24) is 4.90 Å². The maximum Gasteiger partial charge on any atom is 0.244 e.